The Morgan fingerprint density at radius 2 is 1.53 bits per heavy atom. The van der Waals surface area contributed by atoms with Crippen LogP contribution in [-0.4, -0.2) is 134 Å². The summed E-state index contributed by atoms with van der Waals surface area (Å²) >= 11 is 0. The number of carbonyl (C=O) groups excluding carboxylic acids is 6. The lowest BCUT2D eigenvalue weighted by molar-refractivity contribution is -0.143. The zero-order valence-electron chi connectivity index (χ0n) is 38.1. The summed E-state index contributed by atoms with van der Waals surface area (Å²) in [6.45, 7) is 4.44. The van der Waals surface area contributed by atoms with E-state index >= 15 is 0 Å². The van der Waals surface area contributed by atoms with Crippen molar-refractivity contribution in [3.63, 3.8) is 0 Å². The molecule has 0 radical (unpaired) electrons. The predicted octanol–water partition coefficient (Wildman–Crippen LogP) is 3.36. The van der Waals surface area contributed by atoms with Crippen LogP contribution in [0.1, 0.15) is 136 Å². The molecule has 8 atom stereocenters. The maximum absolute atomic E-state index is 14.0. The number of hydrogen-bond acceptors (Lipinski definition) is 10. The number of hydrogen-bond donors (Lipinski definition) is 8. The van der Waals surface area contributed by atoms with Crippen LogP contribution in [0.4, 0.5) is 0 Å². The molecule has 1 unspecified atom stereocenters. The Labute approximate surface area is 377 Å². The first-order valence-electron chi connectivity index (χ1n) is 23.4. The molecule has 17 nitrogen and oxygen atoms in total. The number of amides is 6. The van der Waals surface area contributed by atoms with Crippen molar-refractivity contribution in [3.05, 3.63) is 46.8 Å². The number of unbranched alkanes of at least 4 members (excludes halogenated alkanes) is 12. The number of likely N-dealkylation sites (tertiary alicyclic amines) is 1. The van der Waals surface area contributed by atoms with Crippen LogP contribution >= 0.6 is 0 Å². The Bertz CT molecular complexity index is 1810. The van der Waals surface area contributed by atoms with Gasteiger partial charge in [0.15, 0.2) is 0 Å². The molecule has 2 aliphatic heterocycles. The van der Waals surface area contributed by atoms with E-state index < -0.39 is 90.4 Å². The molecule has 0 aromatic heterocycles. The van der Waals surface area contributed by atoms with E-state index in [4.69, 9.17) is 0 Å². The Morgan fingerprint density at radius 3 is 2.16 bits per heavy atom. The molecule has 6 amide bonds. The van der Waals surface area contributed by atoms with Crippen molar-refractivity contribution >= 4 is 41.4 Å². The average Bonchev–Trinajstić information content (AvgIpc) is 3.66. The zero-order valence-corrected chi connectivity index (χ0v) is 38.1. The van der Waals surface area contributed by atoms with Gasteiger partial charge in [0.2, 0.25) is 35.4 Å². The average molecular weight is 897 g/mol. The minimum Gasteiger partial charge on any atom is -0.508 e. The van der Waals surface area contributed by atoms with Gasteiger partial charge in [0.1, 0.15) is 36.0 Å². The third-order valence-corrected chi connectivity index (χ3v) is 12.8. The topological polar surface area (TPSA) is 255 Å². The molecule has 1 saturated heterocycles. The molecule has 0 aromatic carbocycles. The van der Waals surface area contributed by atoms with Gasteiger partial charge >= 0.3 is 5.97 Å². The molecule has 8 N–H and O–H groups in total. The molecule has 0 spiro atoms. The largest absolute Gasteiger partial charge is 0.508 e. The molecule has 2 heterocycles. The highest BCUT2D eigenvalue weighted by Crippen LogP contribution is 2.36. The first kappa shape index (κ1) is 51.6. The molecule has 64 heavy (non-hydrogen) atoms. The lowest BCUT2D eigenvalue weighted by Gasteiger charge is -2.36. The van der Waals surface area contributed by atoms with Crippen LogP contribution in [0.5, 0.6) is 0 Å². The van der Waals surface area contributed by atoms with E-state index in [0.717, 1.165) is 24.2 Å². The number of allylic oxidation sites excluding steroid dienone is 2. The molecule has 0 aromatic rings. The first-order valence-corrected chi connectivity index (χ1v) is 23.4. The van der Waals surface area contributed by atoms with E-state index in [1.54, 1.807) is 18.2 Å². The second-order valence-corrected chi connectivity index (χ2v) is 17.9. The van der Waals surface area contributed by atoms with Crippen LogP contribution in [0.25, 0.3) is 0 Å². The van der Waals surface area contributed by atoms with Crippen LogP contribution in [0.3, 0.4) is 0 Å². The van der Waals surface area contributed by atoms with Gasteiger partial charge in [-0.1, -0.05) is 102 Å². The van der Waals surface area contributed by atoms with E-state index in [0.29, 0.717) is 23.1 Å². The predicted molar refractivity (Wildman–Crippen MR) is 239 cm³/mol. The second-order valence-electron chi connectivity index (χ2n) is 17.9. The van der Waals surface area contributed by atoms with Crippen molar-refractivity contribution < 1.29 is 54.0 Å². The first-order chi connectivity index (χ1) is 30.5. The summed E-state index contributed by atoms with van der Waals surface area (Å²) < 4.78 is 0. The molecule has 4 aliphatic rings. The molecule has 4 rings (SSSR count). The Balaban J connectivity index is 1.31. The number of likely N-dealkylation sites (N-methyl/N-ethyl adjacent to an activating group) is 1. The smallest absolute Gasteiger partial charge is 0.326 e. The molecule has 2 aliphatic carbocycles. The number of aliphatic hydroxyl groups is 3. The van der Waals surface area contributed by atoms with E-state index in [-0.39, 0.29) is 50.3 Å². The normalized spacial score (nSPS) is 25.3. The number of aliphatic hydroxyl groups excluding tert-OH is 3. The van der Waals surface area contributed by atoms with E-state index in [9.17, 15) is 54.0 Å². The van der Waals surface area contributed by atoms with Crippen molar-refractivity contribution in [3.8, 4) is 0 Å². The number of nitrogens with zero attached hydrogens (tertiary/aromatic N) is 2. The van der Waals surface area contributed by atoms with Crippen molar-refractivity contribution in [2.45, 2.75) is 179 Å². The van der Waals surface area contributed by atoms with E-state index in [2.05, 4.69) is 28.2 Å². The summed E-state index contributed by atoms with van der Waals surface area (Å²) in [6, 6.07) is -5.99. The molecule has 17 heteroatoms. The Kier molecular flexibility index (Phi) is 20.5. The van der Waals surface area contributed by atoms with Crippen molar-refractivity contribution in [1.29, 1.82) is 0 Å². The van der Waals surface area contributed by atoms with Crippen molar-refractivity contribution in [2.75, 3.05) is 20.1 Å². The fraction of sp³-hybridized carbons (Fsp3) is 0.681. The summed E-state index contributed by atoms with van der Waals surface area (Å²) in [4.78, 5) is 95.2. The van der Waals surface area contributed by atoms with Gasteiger partial charge in [-0.3, -0.25) is 28.8 Å². The Hall–Kier alpha value is -5.03. The third kappa shape index (κ3) is 15.0. The molecule has 1 fully saturated rings. The SMILES string of the molecule is CCCCCCCCCCCCCCCC(=O)N1C[C@H](O)CC1C(=O)N[C@H](C)C(=O)NCC(=O)N(C)[C@@H]1C(=O)N[C@@H](C)C(=O)N[C@H](C(=O)O)CC2=CC[C@H](O)C(=C2)C2=C(O)C=C[C@H]1C2. The van der Waals surface area contributed by atoms with Crippen LogP contribution < -0.4 is 21.3 Å². The Morgan fingerprint density at radius 1 is 0.906 bits per heavy atom. The van der Waals surface area contributed by atoms with Gasteiger partial charge in [-0.2, -0.15) is 0 Å². The molecular weight excluding hydrogens is 825 g/mol. The van der Waals surface area contributed by atoms with Gasteiger partial charge in [-0.25, -0.2) is 4.79 Å². The van der Waals surface area contributed by atoms with Gasteiger partial charge in [0.25, 0.3) is 0 Å². The van der Waals surface area contributed by atoms with Crippen LogP contribution in [0.2, 0.25) is 0 Å². The van der Waals surface area contributed by atoms with Crippen molar-refractivity contribution in [1.82, 2.24) is 31.1 Å². The minimum atomic E-state index is -1.36. The van der Waals surface area contributed by atoms with E-state index in [1.807, 2.05) is 0 Å². The summed E-state index contributed by atoms with van der Waals surface area (Å²) in [5, 5.41) is 52.3. The number of nitrogens with one attached hydrogen (secondary N) is 4. The summed E-state index contributed by atoms with van der Waals surface area (Å²) in [6.07, 6.45) is 19.7. The number of carboxylic acids is 1. The van der Waals surface area contributed by atoms with Crippen LogP contribution in [-0.2, 0) is 33.6 Å². The number of β-amino-alcohol motifs (C(OH)–C–C–N with tert-alkyl or cyclic N) is 1. The summed E-state index contributed by atoms with van der Waals surface area (Å²) in [5.74, 6) is -6.08. The van der Waals surface area contributed by atoms with Gasteiger partial charge in [-0.05, 0) is 50.3 Å². The van der Waals surface area contributed by atoms with E-state index in [1.165, 1.54) is 89.7 Å². The number of carboxylic acid groups (broad SMARTS) is 1. The number of fused-ring (bicyclic) bond motifs is 4. The molecule has 356 valence electrons. The summed E-state index contributed by atoms with van der Waals surface area (Å²) in [5.41, 5.74) is 1.14. The minimum absolute atomic E-state index is 0.0125. The summed E-state index contributed by atoms with van der Waals surface area (Å²) in [7, 11) is 1.34. The highest BCUT2D eigenvalue weighted by Gasteiger charge is 2.41. The highest BCUT2D eigenvalue weighted by atomic mass is 16.4. The quantitative estimate of drug-likeness (QED) is 0.0776. The standard InChI is InChI=1S/C47H72N6O11/c1-5-6-7-8-9-10-11-12-13-14-15-16-17-18-40(57)53-28-33(54)26-37(53)45(61)49-29(2)43(59)48-27-41(58)52(4)42-32-20-22-39(56)35(25-32)34-23-31(19-21-38(34)55)24-36(47(63)64)51-44(60)30(3)50-46(42)62/h19-20,22-23,29-30,32-33,36-38,42,54-56H,5-18,21,24-28H2,1-4H3,(H,48,59)(H,49,61)(H,50,62)(H,51,60)(H,63,64)/t29-,30+,32+,33-,36+,37?,38+,42+/m1/s1. The number of rotatable bonds is 21. The monoisotopic (exact) mass is 897 g/mol. The lowest BCUT2D eigenvalue weighted by Crippen LogP contribution is -2.58. The maximum atomic E-state index is 14.0. The van der Waals surface area contributed by atoms with Gasteiger partial charge < -0.3 is 51.5 Å². The number of aliphatic carboxylic acids is 1. The molecular formula is C47H72N6O11. The van der Waals surface area contributed by atoms with Gasteiger partial charge in [0, 0.05) is 44.3 Å². The third-order valence-electron chi connectivity index (χ3n) is 12.8. The van der Waals surface area contributed by atoms with Crippen LogP contribution in [0, 0.1) is 5.92 Å². The lowest BCUT2D eigenvalue weighted by atomic mass is 9.79. The second kappa shape index (κ2) is 25.5. The molecule has 0 saturated carbocycles. The molecule has 4 bridgehead atoms. The fourth-order valence-electron chi connectivity index (χ4n) is 8.88. The van der Waals surface area contributed by atoms with Crippen molar-refractivity contribution in [2.24, 2.45) is 5.92 Å². The fourth-order valence-corrected chi connectivity index (χ4v) is 8.88. The van der Waals surface area contributed by atoms with Crippen LogP contribution in [0.15, 0.2) is 46.8 Å². The zero-order chi connectivity index (χ0) is 46.9. The maximum Gasteiger partial charge on any atom is 0.326 e. The highest BCUT2D eigenvalue weighted by molar-refractivity contribution is 5.96. The number of carbonyl (C=O) groups is 7. The van der Waals surface area contributed by atoms with Gasteiger partial charge in [0.05, 0.1) is 18.8 Å². The van der Waals surface area contributed by atoms with Gasteiger partial charge in [-0.15, -0.1) is 0 Å².